The third-order valence-corrected chi connectivity index (χ3v) is 5.71. The Balaban J connectivity index is 1.51. The normalized spacial score (nSPS) is 12.2. The van der Waals surface area contributed by atoms with Gasteiger partial charge in [0.1, 0.15) is 22.1 Å². The highest BCUT2D eigenvalue weighted by molar-refractivity contribution is 7.98. The molecule has 148 valence electrons. The van der Waals surface area contributed by atoms with Crippen LogP contribution in [0.3, 0.4) is 0 Å². The smallest absolute Gasteiger partial charge is 0.254 e. The van der Waals surface area contributed by atoms with Crippen LogP contribution in [0.2, 0.25) is 0 Å². The third kappa shape index (κ3) is 4.05. The molecule has 1 unspecified atom stereocenters. The number of hydrogen-bond acceptors (Lipinski definition) is 6. The number of nitrogens with one attached hydrogen (secondary N) is 1. The summed E-state index contributed by atoms with van der Waals surface area (Å²) in [5.74, 6) is 1.90. The van der Waals surface area contributed by atoms with E-state index in [1.165, 1.54) is 11.8 Å². The highest BCUT2D eigenvalue weighted by Gasteiger charge is 2.21. The molecular weight excluding hydrogens is 386 g/mol. The molecule has 3 heterocycles. The van der Waals surface area contributed by atoms with Gasteiger partial charge in [0, 0.05) is 29.0 Å². The Labute approximate surface area is 172 Å². The van der Waals surface area contributed by atoms with Crippen LogP contribution >= 0.6 is 11.8 Å². The maximum Gasteiger partial charge on any atom is 0.254 e. The maximum absolute atomic E-state index is 13.0. The molecule has 0 saturated carbocycles. The van der Waals surface area contributed by atoms with Crippen LogP contribution in [0.5, 0.6) is 0 Å². The van der Waals surface area contributed by atoms with Gasteiger partial charge in [0.05, 0.1) is 17.3 Å². The molecule has 4 rings (SSSR count). The zero-order valence-electron chi connectivity index (χ0n) is 16.4. The summed E-state index contributed by atoms with van der Waals surface area (Å²) in [7, 11) is 0. The molecule has 0 radical (unpaired) electrons. The number of carbonyl (C=O) groups is 1. The second-order valence-electron chi connectivity index (χ2n) is 6.86. The number of carbonyl (C=O) groups excluding carboxylic acids is 1. The van der Waals surface area contributed by atoms with Crippen LogP contribution < -0.4 is 5.32 Å². The van der Waals surface area contributed by atoms with Crippen molar-refractivity contribution < 1.29 is 13.7 Å². The van der Waals surface area contributed by atoms with Gasteiger partial charge in [-0.3, -0.25) is 4.79 Å². The van der Waals surface area contributed by atoms with E-state index in [0.717, 1.165) is 33.7 Å². The first-order valence-electron chi connectivity index (χ1n) is 9.32. The van der Waals surface area contributed by atoms with Crippen molar-refractivity contribution in [3.8, 4) is 0 Å². The number of benzene rings is 1. The van der Waals surface area contributed by atoms with E-state index in [2.05, 4.69) is 15.5 Å². The van der Waals surface area contributed by atoms with Gasteiger partial charge in [0.15, 0.2) is 0 Å². The van der Waals surface area contributed by atoms with Crippen molar-refractivity contribution >= 4 is 28.6 Å². The number of fused-ring (bicyclic) bond motifs is 1. The summed E-state index contributed by atoms with van der Waals surface area (Å²) in [6.45, 7) is 5.78. The van der Waals surface area contributed by atoms with E-state index in [1.54, 1.807) is 18.3 Å². The molecule has 3 aromatic heterocycles. The largest absolute Gasteiger partial charge is 0.459 e. The molecule has 6 nitrogen and oxygen atoms in total. The van der Waals surface area contributed by atoms with Crippen LogP contribution in [-0.2, 0) is 5.75 Å². The highest BCUT2D eigenvalue weighted by Crippen LogP contribution is 2.30. The number of rotatable bonds is 6. The highest BCUT2D eigenvalue weighted by atomic mass is 32.2. The van der Waals surface area contributed by atoms with Gasteiger partial charge in [-0.05, 0) is 39.0 Å². The van der Waals surface area contributed by atoms with Crippen LogP contribution in [-0.4, -0.2) is 16.0 Å². The molecule has 0 aliphatic heterocycles. The van der Waals surface area contributed by atoms with Gasteiger partial charge < -0.3 is 14.3 Å². The molecule has 1 N–H and O–H groups in total. The lowest BCUT2D eigenvalue weighted by Crippen LogP contribution is -2.27. The molecule has 7 heteroatoms. The third-order valence-electron chi connectivity index (χ3n) is 4.67. The van der Waals surface area contributed by atoms with E-state index in [0.29, 0.717) is 16.3 Å². The number of amides is 1. The molecule has 1 amide bonds. The molecule has 0 fully saturated rings. The average molecular weight is 407 g/mol. The van der Waals surface area contributed by atoms with E-state index in [1.807, 2.05) is 51.1 Å². The van der Waals surface area contributed by atoms with Gasteiger partial charge in [-0.1, -0.05) is 35.1 Å². The number of pyridine rings is 1. The van der Waals surface area contributed by atoms with Crippen LogP contribution in [0.15, 0.2) is 62.6 Å². The topological polar surface area (TPSA) is 81.2 Å². The Morgan fingerprint density at radius 3 is 2.79 bits per heavy atom. The summed E-state index contributed by atoms with van der Waals surface area (Å²) >= 11 is 1.45. The van der Waals surface area contributed by atoms with Crippen molar-refractivity contribution in [3.05, 3.63) is 77.0 Å². The second kappa shape index (κ2) is 8.13. The van der Waals surface area contributed by atoms with Crippen molar-refractivity contribution in [1.29, 1.82) is 0 Å². The van der Waals surface area contributed by atoms with Crippen molar-refractivity contribution in [2.24, 2.45) is 0 Å². The van der Waals surface area contributed by atoms with E-state index < -0.39 is 0 Å². The molecule has 1 atom stereocenters. The van der Waals surface area contributed by atoms with Crippen LogP contribution in [0, 0.1) is 13.8 Å². The Morgan fingerprint density at radius 2 is 2.03 bits per heavy atom. The summed E-state index contributed by atoms with van der Waals surface area (Å²) in [5, 5.41) is 8.74. The van der Waals surface area contributed by atoms with Gasteiger partial charge in [-0.2, -0.15) is 0 Å². The number of aromatic nitrogens is 2. The molecule has 0 bridgehead atoms. The van der Waals surface area contributed by atoms with E-state index in [9.17, 15) is 4.79 Å². The lowest BCUT2D eigenvalue weighted by molar-refractivity contribution is 0.0932. The van der Waals surface area contributed by atoms with Crippen LogP contribution in [0.25, 0.3) is 11.0 Å². The molecule has 0 aliphatic rings. The van der Waals surface area contributed by atoms with E-state index >= 15 is 0 Å². The number of hydrogen-bond donors (Lipinski definition) is 1. The van der Waals surface area contributed by atoms with Gasteiger partial charge >= 0.3 is 0 Å². The first-order chi connectivity index (χ1) is 14.0. The SMILES string of the molecule is Cc1cc(CSc2ncccc2C(=O)NC(C)c2oc3ccccc3c2C)no1. The molecule has 0 spiro atoms. The summed E-state index contributed by atoms with van der Waals surface area (Å²) in [5.41, 5.74) is 3.20. The second-order valence-corrected chi connectivity index (χ2v) is 7.82. The van der Waals surface area contributed by atoms with Crippen molar-refractivity contribution in [2.45, 2.75) is 37.6 Å². The van der Waals surface area contributed by atoms with Gasteiger partial charge in [-0.25, -0.2) is 4.98 Å². The Hall–Kier alpha value is -3.06. The van der Waals surface area contributed by atoms with Crippen LogP contribution in [0.4, 0.5) is 0 Å². The van der Waals surface area contributed by atoms with Crippen molar-refractivity contribution in [2.75, 3.05) is 0 Å². The fourth-order valence-corrected chi connectivity index (χ4v) is 4.13. The standard InChI is InChI=1S/C22H21N3O3S/c1-13-11-16(25-28-13)12-29-22-18(8-6-10-23-22)21(26)24-15(3)20-14(2)17-7-4-5-9-19(17)27-20/h4-11,15H,12H2,1-3H3,(H,24,26). The van der Waals surface area contributed by atoms with E-state index in [4.69, 9.17) is 8.94 Å². The van der Waals surface area contributed by atoms with Crippen molar-refractivity contribution in [1.82, 2.24) is 15.5 Å². The fraction of sp³-hybridized carbons (Fsp3) is 0.227. The van der Waals surface area contributed by atoms with Gasteiger partial charge in [-0.15, -0.1) is 0 Å². The molecular formula is C22H21N3O3S. The first-order valence-corrected chi connectivity index (χ1v) is 10.3. The Kier molecular flexibility index (Phi) is 5.40. The number of nitrogens with zero attached hydrogens (tertiary/aromatic N) is 2. The number of aryl methyl sites for hydroxylation is 2. The molecule has 0 saturated heterocycles. The van der Waals surface area contributed by atoms with Gasteiger partial charge in [0.25, 0.3) is 5.91 Å². The summed E-state index contributed by atoms with van der Waals surface area (Å²) in [4.78, 5) is 17.3. The van der Waals surface area contributed by atoms with E-state index in [-0.39, 0.29) is 11.9 Å². The zero-order valence-corrected chi connectivity index (χ0v) is 17.2. The zero-order chi connectivity index (χ0) is 20.4. The number of para-hydroxylation sites is 1. The number of thioether (sulfide) groups is 1. The predicted octanol–water partition coefficient (Wildman–Crippen LogP) is 5.22. The quantitative estimate of drug-likeness (QED) is 0.442. The summed E-state index contributed by atoms with van der Waals surface area (Å²) in [6.07, 6.45) is 1.68. The Bertz CT molecular complexity index is 1170. The molecule has 1 aromatic carbocycles. The van der Waals surface area contributed by atoms with Crippen LogP contribution in [0.1, 0.15) is 46.1 Å². The first kappa shape index (κ1) is 19.3. The fourth-order valence-electron chi connectivity index (χ4n) is 3.25. The summed E-state index contributed by atoms with van der Waals surface area (Å²) < 4.78 is 11.1. The van der Waals surface area contributed by atoms with Crippen molar-refractivity contribution in [3.63, 3.8) is 0 Å². The van der Waals surface area contributed by atoms with Gasteiger partial charge in [0.2, 0.25) is 0 Å². The predicted molar refractivity (Wildman–Crippen MR) is 112 cm³/mol. The molecule has 29 heavy (non-hydrogen) atoms. The lowest BCUT2D eigenvalue weighted by atomic mass is 10.1. The monoisotopic (exact) mass is 407 g/mol. The average Bonchev–Trinajstić information content (AvgIpc) is 3.30. The number of furan rings is 1. The summed E-state index contributed by atoms with van der Waals surface area (Å²) in [6, 6.07) is 13.0. The minimum absolute atomic E-state index is 0.190. The lowest BCUT2D eigenvalue weighted by Gasteiger charge is -2.14. The minimum Gasteiger partial charge on any atom is -0.459 e. The molecule has 0 aliphatic carbocycles. The Morgan fingerprint density at radius 1 is 1.21 bits per heavy atom. The molecule has 4 aromatic rings. The maximum atomic E-state index is 13.0. The minimum atomic E-state index is -0.272.